The molecule has 1 atom stereocenters. The van der Waals surface area contributed by atoms with Gasteiger partial charge in [0.15, 0.2) is 15.4 Å². The third-order valence-corrected chi connectivity index (χ3v) is 4.96. The van der Waals surface area contributed by atoms with Crippen LogP contribution in [0.3, 0.4) is 0 Å². The minimum absolute atomic E-state index is 0.454. The van der Waals surface area contributed by atoms with Crippen molar-refractivity contribution in [3.8, 4) is 0 Å². The maximum atomic E-state index is 13.7. The highest BCUT2D eigenvalue weighted by Crippen LogP contribution is 2.46. The van der Waals surface area contributed by atoms with E-state index in [-0.39, 0.29) is 0 Å². The van der Waals surface area contributed by atoms with Crippen LogP contribution in [0.4, 0.5) is 8.78 Å². The zero-order valence-corrected chi connectivity index (χ0v) is 10.3. The van der Waals surface area contributed by atoms with Crippen LogP contribution >= 0.6 is 0 Å². The molecule has 19 heavy (non-hydrogen) atoms. The van der Waals surface area contributed by atoms with E-state index in [2.05, 4.69) is 0 Å². The number of benzene rings is 1. The largest absolute Gasteiger partial charge is 0.477 e. The summed E-state index contributed by atoms with van der Waals surface area (Å²) >= 11 is 0. The van der Waals surface area contributed by atoms with Crippen LogP contribution in [0.1, 0.15) is 12.0 Å². The topological polar surface area (TPSA) is 91.7 Å². The van der Waals surface area contributed by atoms with Gasteiger partial charge in [0, 0.05) is 12.0 Å². The lowest BCUT2D eigenvalue weighted by molar-refractivity contribution is -0.214. The van der Waals surface area contributed by atoms with Gasteiger partial charge in [0.2, 0.25) is 0 Å². The van der Waals surface area contributed by atoms with Crippen molar-refractivity contribution in [3.63, 3.8) is 0 Å². The van der Waals surface area contributed by atoms with Crippen LogP contribution in [0.2, 0.25) is 0 Å². The number of rotatable bonds is 2. The molecular weight excluding hydrogens is 282 g/mol. The number of carboxylic acid groups (broad SMARTS) is 1. The second-order valence-corrected chi connectivity index (χ2v) is 6.38. The summed E-state index contributed by atoms with van der Waals surface area (Å²) in [6.07, 6.45) is -0.869. The molecule has 0 aromatic heterocycles. The molecule has 0 radical (unpaired) electrons. The molecule has 0 aliphatic carbocycles. The average Bonchev–Trinajstić information content (AvgIpc) is 2.34. The van der Waals surface area contributed by atoms with Crippen molar-refractivity contribution in [2.75, 3.05) is 5.75 Å². The van der Waals surface area contributed by atoms with Crippen molar-refractivity contribution in [1.82, 2.24) is 0 Å². The van der Waals surface area contributed by atoms with Gasteiger partial charge >= 0.3 is 11.9 Å². The molecule has 0 saturated carbocycles. The second-order valence-electron chi connectivity index (χ2n) is 4.30. The Labute approximate surface area is 107 Å². The van der Waals surface area contributed by atoms with Crippen LogP contribution in [-0.4, -0.2) is 36.3 Å². The second kappa shape index (κ2) is 3.97. The van der Waals surface area contributed by atoms with Gasteiger partial charge in [-0.05, 0) is 6.07 Å². The molecule has 8 heteroatoms. The van der Waals surface area contributed by atoms with Gasteiger partial charge < -0.3 is 10.2 Å². The summed E-state index contributed by atoms with van der Waals surface area (Å²) in [4.78, 5) is 10.2. The number of aliphatic hydroxyl groups is 1. The van der Waals surface area contributed by atoms with E-state index in [9.17, 15) is 27.1 Å². The molecule has 1 aliphatic rings. The molecule has 0 amide bonds. The van der Waals surface area contributed by atoms with E-state index < -0.39 is 50.0 Å². The molecule has 2 N–H and O–H groups in total. The van der Waals surface area contributed by atoms with E-state index >= 15 is 0 Å². The number of carbonyl (C=O) groups is 1. The van der Waals surface area contributed by atoms with Gasteiger partial charge in [-0.15, -0.1) is 0 Å². The SMILES string of the molecule is O=C(O)C(F)(F)C1(O)CCS(=O)(=O)c2ccccc21. The summed E-state index contributed by atoms with van der Waals surface area (Å²) in [5.74, 6) is -7.70. The van der Waals surface area contributed by atoms with Crippen molar-refractivity contribution < 1.29 is 32.2 Å². The van der Waals surface area contributed by atoms with Crippen molar-refractivity contribution in [3.05, 3.63) is 29.8 Å². The summed E-state index contributed by atoms with van der Waals surface area (Å²) in [5.41, 5.74) is -3.60. The highest BCUT2D eigenvalue weighted by Gasteiger charge is 2.62. The molecule has 104 valence electrons. The molecule has 0 fully saturated rings. The molecule has 0 saturated heterocycles. The van der Waals surface area contributed by atoms with Gasteiger partial charge in [0.1, 0.15) is 0 Å². The molecule has 1 aromatic rings. The molecule has 0 bridgehead atoms. The van der Waals surface area contributed by atoms with Crippen LogP contribution in [0.25, 0.3) is 0 Å². The minimum atomic E-state index is -4.47. The summed E-state index contributed by atoms with van der Waals surface area (Å²) in [6.45, 7) is 0. The molecule has 2 rings (SSSR count). The van der Waals surface area contributed by atoms with Gasteiger partial charge in [0.05, 0.1) is 10.6 Å². The lowest BCUT2D eigenvalue weighted by Crippen LogP contribution is -2.54. The Hall–Kier alpha value is -1.54. The molecule has 1 heterocycles. The number of halogens is 2. The molecule has 5 nitrogen and oxygen atoms in total. The lowest BCUT2D eigenvalue weighted by atomic mass is 9.84. The van der Waals surface area contributed by atoms with Gasteiger partial charge in [0.25, 0.3) is 0 Å². The van der Waals surface area contributed by atoms with Gasteiger partial charge in [-0.2, -0.15) is 8.78 Å². The Morgan fingerprint density at radius 3 is 2.47 bits per heavy atom. The third kappa shape index (κ3) is 1.82. The standard InChI is InChI=1S/C11H10F2O5S/c12-11(13,9(14)15)10(16)5-6-19(17,18)8-4-2-1-3-7(8)10/h1-4,16H,5-6H2,(H,14,15). The number of fused-ring (bicyclic) bond motifs is 1. The van der Waals surface area contributed by atoms with Crippen molar-refractivity contribution >= 4 is 15.8 Å². The number of carboxylic acids is 1. The van der Waals surface area contributed by atoms with Crippen molar-refractivity contribution in [2.24, 2.45) is 0 Å². The summed E-state index contributed by atoms with van der Waals surface area (Å²) < 4.78 is 50.9. The number of sulfone groups is 1. The molecule has 1 aliphatic heterocycles. The monoisotopic (exact) mass is 292 g/mol. The van der Waals surface area contributed by atoms with E-state index in [0.29, 0.717) is 0 Å². The van der Waals surface area contributed by atoms with Crippen molar-refractivity contribution in [1.29, 1.82) is 0 Å². The summed E-state index contributed by atoms with van der Waals surface area (Å²) in [5, 5.41) is 18.6. The van der Waals surface area contributed by atoms with Gasteiger partial charge in [-0.25, -0.2) is 13.2 Å². The van der Waals surface area contributed by atoms with Crippen molar-refractivity contribution in [2.45, 2.75) is 22.8 Å². The number of hydrogen-bond acceptors (Lipinski definition) is 4. The predicted octanol–water partition coefficient (Wildman–Crippen LogP) is 0.772. The van der Waals surface area contributed by atoms with Crippen LogP contribution < -0.4 is 0 Å². The van der Waals surface area contributed by atoms with Crippen LogP contribution in [0, 0.1) is 0 Å². The Morgan fingerprint density at radius 1 is 1.32 bits per heavy atom. The Kier molecular flexibility index (Phi) is 2.90. The zero-order valence-electron chi connectivity index (χ0n) is 9.51. The summed E-state index contributed by atoms with van der Waals surface area (Å²) in [6, 6.07) is 4.67. The fourth-order valence-electron chi connectivity index (χ4n) is 2.11. The highest BCUT2D eigenvalue weighted by atomic mass is 32.2. The first-order valence-electron chi connectivity index (χ1n) is 5.29. The fourth-order valence-corrected chi connectivity index (χ4v) is 3.75. The van der Waals surface area contributed by atoms with Crippen LogP contribution in [0.5, 0.6) is 0 Å². The lowest BCUT2D eigenvalue weighted by Gasteiger charge is -2.37. The molecule has 0 spiro atoms. The van der Waals surface area contributed by atoms with E-state index in [1.807, 2.05) is 0 Å². The number of aliphatic carboxylic acids is 1. The first-order chi connectivity index (χ1) is 8.63. The molecular formula is C11H10F2O5S. The molecule has 1 unspecified atom stereocenters. The smallest absolute Gasteiger partial charge is 0.378 e. The summed E-state index contributed by atoms with van der Waals surface area (Å²) in [7, 11) is -3.79. The minimum Gasteiger partial charge on any atom is -0.477 e. The van der Waals surface area contributed by atoms with Crippen LogP contribution in [0.15, 0.2) is 29.2 Å². The maximum absolute atomic E-state index is 13.7. The zero-order chi connectivity index (χ0) is 14.5. The van der Waals surface area contributed by atoms with Gasteiger partial charge in [-0.1, -0.05) is 18.2 Å². The van der Waals surface area contributed by atoms with Gasteiger partial charge in [-0.3, -0.25) is 0 Å². The van der Waals surface area contributed by atoms with Crippen LogP contribution in [-0.2, 0) is 20.2 Å². The molecule has 1 aromatic carbocycles. The highest BCUT2D eigenvalue weighted by molar-refractivity contribution is 7.91. The normalized spacial score (nSPS) is 25.6. The quantitative estimate of drug-likeness (QED) is 0.840. The predicted molar refractivity (Wildman–Crippen MR) is 59.6 cm³/mol. The Bertz CT molecular complexity index is 640. The Morgan fingerprint density at radius 2 is 1.89 bits per heavy atom. The number of alkyl halides is 2. The average molecular weight is 292 g/mol. The van der Waals surface area contributed by atoms with E-state index in [1.54, 1.807) is 0 Å². The fraction of sp³-hybridized carbons (Fsp3) is 0.364. The van der Waals surface area contributed by atoms with E-state index in [0.717, 1.165) is 12.1 Å². The first-order valence-corrected chi connectivity index (χ1v) is 6.94. The Balaban J connectivity index is 2.73. The van der Waals surface area contributed by atoms with E-state index in [1.165, 1.54) is 12.1 Å². The third-order valence-electron chi connectivity index (χ3n) is 3.19. The number of hydrogen-bond donors (Lipinski definition) is 2. The van der Waals surface area contributed by atoms with E-state index in [4.69, 9.17) is 5.11 Å². The first kappa shape index (κ1) is 13.9. The maximum Gasteiger partial charge on any atom is 0.378 e.